The molecule has 2 N–H and O–H groups in total. The van der Waals surface area contributed by atoms with Crippen molar-refractivity contribution in [1.29, 1.82) is 0 Å². The Morgan fingerprint density at radius 3 is 2.37 bits per heavy atom. The Hall–Kier alpha value is -0.170. The molecular weight excluding hydrogens is 262 g/mol. The maximum Gasteiger partial charge on any atom is 0.150 e. The van der Waals surface area contributed by atoms with Gasteiger partial charge in [-0.05, 0) is 26.3 Å². The van der Waals surface area contributed by atoms with E-state index in [0.717, 1.165) is 26.2 Å². The van der Waals surface area contributed by atoms with Crippen LogP contribution in [0, 0.1) is 0 Å². The molecule has 0 aromatic carbocycles. The van der Waals surface area contributed by atoms with Crippen molar-refractivity contribution in [3.63, 3.8) is 0 Å². The SMILES string of the molecule is CCN1CCN(C2(CN)CCS(=O)(=O)CC2)CC1C. The summed E-state index contributed by atoms with van der Waals surface area (Å²) in [6.45, 7) is 9.17. The molecule has 19 heavy (non-hydrogen) atoms. The van der Waals surface area contributed by atoms with Gasteiger partial charge in [0.1, 0.15) is 9.84 Å². The molecule has 0 aromatic heterocycles. The summed E-state index contributed by atoms with van der Waals surface area (Å²) < 4.78 is 23.3. The Bertz CT molecular complexity index is 396. The van der Waals surface area contributed by atoms with E-state index in [0.29, 0.717) is 36.9 Å². The molecule has 2 aliphatic rings. The first-order valence-corrected chi connectivity index (χ1v) is 9.14. The number of nitrogens with zero attached hydrogens (tertiary/aromatic N) is 2. The lowest BCUT2D eigenvalue weighted by molar-refractivity contribution is 0.00475. The van der Waals surface area contributed by atoms with E-state index in [1.165, 1.54) is 0 Å². The fraction of sp³-hybridized carbons (Fsp3) is 1.00. The smallest absolute Gasteiger partial charge is 0.150 e. The standard InChI is InChI=1S/C13H27N3O2S/c1-3-15-6-7-16(10-12(15)2)13(11-14)4-8-19(17,18)9-5-13/h12H,3-11,14H2,1-2H3. The number of hydrogen-bond acceptors (Lipinski definition) is 5. The summed E-state index contributed by atoms with van der Waals surface area (Å²) in [6, 6.07) is 0.528. The van der Waals surface area contributed by atoms with E-state index in [4.69, 9.17) is 5.73 Å². The van der Waals surface area contributed by atoms with Gasteiger partial charge in [0.05, 0.1) is 11.5 Å². The van der Waals surface area contributed by atoms with Crippen molar-refractivity contribution in [3.05, 3.63) is 0 Å². The van der Waals surface area contributed by atoms with Gasteiger partial charge in [0, 0.05) is 37.8 Å². The van der Waals surface area contributed by atoms with E-state index in [2.05, 4.69) is 23.6 Å². The summed E-state index contributed by atoms with van der Waals surface area (Å²) in [5, 5.41) is 0. The van der Waals surface area contributed by atoms with Crippen molar-refractivity contribution in [3.8, 4) is 0 Å². The highest BCUT2D eigenvalue weighted by molar-refractivity contribution is 7.91. The molecule has 2 heterocycles. The third-order valence-corrected chi connectivity index (χ3v) is 6.63. The first-order valence-electron chi connectivity index (χ1n) is 7.32. The van der Waals surface area contributed by atoms with Crippen LogP contribution in [0.5, 0.6) is 0 Å². The first-order chi connectivity index (χ1) is 8.92. The van der Waals surface area contributed by atoms with Gasteiger partial charge in [0.15, 0.2) is 0 Å². The minimum Gasteiger partial charge on any atom is -0.329 e. The van der Waals surface area contributed by atoms with Crippen LogP contribution < -0.4 is 5.73 Å². The molecular formula is C13H27N3O2S. The van der Waals surface area contributed by atoms with Crippen molar-refractivity contribution in [2.75, 3.05) is 44.2 Å². The molecule has 0 amide bonds. The largest absolute Gasteiger partial charge is 0.329 e. The van der Waals surface area contributed by atoms with Gasteiger partial charge in [-0.25, -0.2) is 8.42 Å². The predicted octanol–water partition coefficient (Wildman–Crippen LogP) is -0.0815. The molecule has 0 radical (unpaired) electrons. The molecule has 2 rings (SSSR count). The van der Waals surface area contributed by atoms with Crippen LogP contribution in [0.1, 0.15) is 26.7 Å². The molecule has 0 spiro atoms. The van der Waals surface area contributed by atoms with Gasteiger partial charge in [0.25, 0.3) is 0 Å². The molecule has 1 atom stereocenters. The van der Waals surface area contributed by atoms with Gasteiger partial charge >= 0.3 is 0 Å². The van der Waals surface area contributed by atoms with E-state index in [-0.39, 0.29) is 5.54 Å². The van der Waals surface area contributed by atoms with Gasteiger partial charge in [0.2, 0.25) is 0 Å². The summed E-state index contributed by atoms with van der Waals surface area (Å²) in [5.74, 6) is 0.596. The highest BCUT2D eigenvalue weighted by atomic mass is 32.2. The average molecular weight is 289 g/mol. The van der Waals surface area contributed by atoms with Crippen LogP contribution >= 0.6 is 0 Å². The Kier molecular flexibility index (Phi) is 4.55. The Morgan fingerprint density at radius 2 is 1.89 bits per heavy atom. The fourth-order valence-electron chi connectivity index (χ4n) is 3.46. The summed E-state index contributed by atoms with van der Waals surface area (Å²) in [7, 11) is -2.82. The lowest BCUT2D eigenvalue weighted by Gasteiger charge is -2.51. The zero-order valence-corrected chi connectivity index (χ0v) is 13.0. The molecule has 6 heteroatoms. The molecule has 2 aliphatic heterocycles. The average Bonchev–Trinajstić information content (AvgIpc) is 2.39. The summed E-state index contributed by atoms with van der Waals surface area (Å²) in [5.41, 5.74) is 5.94. The number of piperazine rings is 1. The number of nitrogens with two attached hydrogens (primary N) is 1. The van der Waals surface area contributed by atoms with E-state index in [1.54, 1.807) is 0 Å². The number of likely N-dealkylation sites (N-methyl/N-ethyl adjacent to an activating group) is 1. The van der Waals surface area contributed by atoms with Crippen LogP contribution in [0.3, 0.4) is 0 Å². The monoisotopic (exact) mass is 289 g/mol. The van der Waals surface area contributed by atoms with Crippen molar-refractivity contribution in [1.82, 2.24) is 9.80 Å². The predicted molar refractivity (Wildman–Crippen MR) is 78.0 cm³/mol. The molecule has 0 saturated carbocycles. The Morgan fingerprint density at radius 1 is 1.26 bits per heavy atom. The van der Waals surface area contributed by atoms with Crippen LogP contribution in [0.25, 0.3) is 0 Å². The van der Waals surface area contributed by atoms with Gasteiger partial charge in [-0.3, -0.25) is 9.80 Å². The highest BCUT2D eigenvalue weighted by Crippen LogP contribution is 2.31. The number of rotatable bonds is 3. The van der Waals surface area contributed by atoms with Crippen molar-refractivity contribution < 1.29 is 8.42 Å². The van der Waals surface area contributed by atoms with Crippen molar-refractivity contribution >= 4 is 9.84 Å². The van der Waals surface area contributed by atoms with Crippen LogP contribution in [-0.4, -0.2) is 74.0 Å². The van der Waals surface area contributed by atoms with Crippen molar-refractivity contribution in [2.24, 2.45) is 5.73 Å². The molecule has 0 aromatic rings. The molecule has 2 fully saturated rings. The maximum absolute atomic E-state index is 11.6. The highest BCUT2D eigenvalue weighted by Gasteiger charge is 2.42. The third kappa shape index (κ3) is 3.12. The van der Waals surface area contributed by atoms with Crippen LogP contribution in [0.2, 0.25) is 0 Å². The zero-order chi connectivity index (χ0) is 14.1. The normalized spacial score (nSPS) is 32.3. The Balaban J connectivity index is 2.07. The van der Waals surface area contributed by atoms with Crippen LogP contribution in [0.15, 0.2) is 0 Å². The van der Waals surface area contributed by atoms with E-state index in [9.17, 15) is 8.42 Å². The third-order valence-electron chi connectivity index (χ3n) is 4.98. The fourth-order valence-corrected chi connectivity index (χ4v) is 5.05. The van der Waals surface area contributed by atoms with E-state index < -0.39 is 9.84 Å². The molecule has 2 saturated heterocycles. The lowest BCUT2D eigenvalue weighted by Crippen LogP contribution is -2.64. The first kappa shape index (κ1) is 15.2. The van der Waals surface area contributed by atoms with Gasteiger partial charge < -0.3 is 5.73 Å². The molecule has 0 aliphatic carbocycles. The van der Waals surface area contributed by atoms with Gasteiger partial charge in [-0.2, -0.15) is 0 Å². The minimum absolute atomic E-state index is 0.0839. The second kappa shape index (κ2) is 5.68. The minimum atomic E-state index is -2.82. The van der Waals surface area contributed by atoms with E-state index >= 15 is 0 Å². The zero-order valence-electron chi connectivity index (χ0n) is 12.1. The second-order valence-electron chi connectivity index (χ2n) is 6.00. The summed E-state index contributed by atoms with van der Waals surface area (Å²) in [4.78, 5) is 4.93. The maximum atomic E-state index is 11.6. The summed E-state index contributed by atoms with van der Waals surface area (Å²) in [6.07, 6.45) is 1.40. The van der Waals surface area contributed by atoms with Crippen LogP contribution in [-0.2, 0) is 9.84 Å². The second-order valence-corrected chi connectivity index (χ2v) is 8.31. The van der Waals surface area contributed by atoms with Gasteiger partial charge in [-0.1, -0.05) is 6.92 Å². The Labute approximate surface area is 117 Å². The molecule has 5 nitrogen and oxygen atoms in total. The summed E-state index contributed by atoms with van der Waals surface area (Å²) >= 11 is 0. The molecule has 112 valence electrons. The number of hydrogen-bond donors (Lipinski definition) is 1. The van der Waals surface area contributed by atoms with Crippen LogP contribution in [0.4, 0.5) is 0 Å². The topological polar surface area (TPSA) is 66.6 Å². The van der Waals surface area contributed by atoms with Crippen molar-refractivity contribution in [2.45, 2.75) is 38.3 Å². The van der Waals surface area contributed by atoms with Gasteiger partial charge in [-0.15, -0.1) is 0 Å². The molecule has 1 unspecified atom stereocenters. The van der Waals surface area contributed by atoms with E-state index in [1.807, 2.05) is 0 Å². The lowest BCUT2D eigenvalue weighted by atomic mass is 9.88. The molecule has 0 bridgehead atoms. The quantitative estimate of drug-likeness (QED) is 0.787. The number of sulfone groups is 1.